The Morgan fingerprint density at radius 1 is 1.19 bits per heavy atom. The van der Waals surface area contributed by atoms with Crippen LogP contribution in [0.2, 0.25) is 0 Å². The fourth-order valence-electron chi connectivity index (χ4n) is 3.13. The van der Waals surface area contributed by atoms with Crippen LogP contribution in [0.15, 0.2) is 59.2 Å². The monoisotopic (exact) mass is 421 g/mol. The van der Waals surface area contributed by atoms with Crippen LogP contribution in [0.4, 0.5) is 10.5 Å². The maximum atomic E-state index is 12.2. The van der Waals surface area contributed by atoms with Crippen molar-refractivity contribution in [2.45, 2.75) is 25.9 Å². The van der Waals surface area contributed by atoms with Gasteiger partial charge in [-0.05, 0) is 60.7 Å². The topological polar surface area (TPSA) is 85.6 Å². The molecule has 31 heavy (non-hydrogen) atoms. The Hall–Kier alpha value is -3.32. The summed E-state index contributed by atoms with van der Waals surface area (Å²) in [5, 5.41) is 5.71. The van der Waals surface area contributed by atoms with Gasteiger partial charge in [-0.3, -0.25) is 0 Å². The molecule has 0 bridgehead atoms. The number of carbonyl (C=O) groups excluding carboxylic acids is 1. The van der Waals surface area contributed by atoms with Gasteiger partial charge >= 0.3 is 6.03 Å². The minimum absolute atomic E-state index is 0.255. The summed E-state index contributed by atoms with van der Waals surface area (Å²) in [4.78, 5) is 16.7. The number of aromatic nitrogens is 1. The van der Waals surface area contributed by atoms with E-state index in [1.54, 1.807) is 13.4 Å². The fourth-order valence-corrected chi connectivity index (χ4v) is 3.13. The van der Waals surface area contributed by atoms with E-state index >= 15 is 0 Å². The number of oxazole rings is 1. The van der Waals surface area contributed by atoms with Crippen molar-refractivity contribution in [3.63, 3.8) is 0 Å². The molecular weight excluding hydrogens is 394 g/mol. The quantitative estimate of drug-likeness (QED) is 0.498. The molecule has 1 heterocycles. The highest BCUT2D eigenvalue weighted by molar-refractivity contribution is 5.89. The zero-order valence-electron chi connectivity index (χ0n) is 17.6. The summed E-state index contributed by atoms with van der Waals surface area (Å²) in [7, 11) is 1.63. The van der Waals surface area contributed by atoms with E-state index in [-0.39, 0.29) is 6.03 Å². The Labute approximate surface area is 181 Å². The van der Waals surface area contributed by atoms with Crippen molar-refractivity contribution in [1.82, 2.24) is 10.3 Å². The Morgan fingerprint density at radius 2 is 2.03 bits per heavy atom. The highest BCUT2D eigenvalue weighted by Gasteiger charge is 2.21. The van der Waals surface area contributed by atoms with Crippen LogP contribution in [0.5, 0.6) is 5.75 Å². The summed E-state index contributed by atoms with van der Waals surface area (Å²) in [6.45, 7) is 1.83. The minimum atomic E-state index is -0.255. The van der Waals surface area contributed by atoms with Crippen molar-refractivity contribution in [3.05, 3.63) is 66.1 Å². The van der Waals surface area contributed by atoms with Crippen molar-refractivity contribution in [2.75, 3.05) is 25.6 Å². The van der Waals surface area contributed by atoms with E-state index in [1.165, 1.54) is 12.8 Å². The molecule has 7 heteroatoms. The average Bonchev–Trinajstić information content (AvgIpc) is 3.49. The number of benzene rings is 2. The molecule has 1 aliphatic carbocycles. The first-order valence-corrected chi connectivity index (χ1v) is 10.5. The van der Waals surface area contributed by atoms with Crippen LogP contribution in [0.25, 0.3) is 11.5 Å². The SMILES string of the molecule is COc1ccc(-c2nc(CCNC(=O)Nc3cccc(COCC4CC4)c3)co2)cc1. The molecule has 1 aromatic heterocycles. The van der Waals surface area contributed by atoms with E-state index < -0.39 is 0 Å². The molecule has 4 rings (SSSR count). The second-order valence-electron chi connectivity index (χ2n) is 7.66. The van der Waals surface area contributed by atoms with Gasteiger partial charge in [0.1, 0.15) is 12.0 Å². The zero-order valence-corrected chi connectivity index (χ0v) is 17.6. The number of hydrogen-bond acceptors (Lipinski definition) is 5. The predicted octanol–water partition coefficient (Wildman–Crippen LogP) is 4.64. The molecule has 1 aliphatic rings. The number of carbonyl (C=O) groups is 1. The summed E-state index contributed by atoms with van der Waals surface area (Å²) in [5.41, 5.74) is 3.44. The molecule has 0 unspecified atom stereocenters. The third-order valence-corrected chi connectivity index (χ3v) is 5.06. The third-order valence-electron chi connectivity index (χ3n) is 5.06. The van der Waals surface area contributed by atoms with Gasteiger partial charge in [0.15, 0.2) is 0 Å². The number of anilines is 1. The lowest BCUT2D eigenvalue weighted by Crippen LogP contribution is -2.30. The van der Waals surface area contributed by atoms with Crippen molar-refractivity contribution >= 4 is 11.7 Å². The standard InChI is InChI=1S/C24H27N3O4/c1-29-22-9-7-19(8-10-22)23-26-21(16-31-23)11-12-25-24(28)27-20-4-2-3-18(13-20)15-30-14-17-5-6-17/h2-4,7-10,13,16-17H,5-6,11-12,14-15H2,1H3,(H2,25,27,28). The summed E-state index contributed by atoms with van der Waals surface area (Å²) < 4.78 is 16.4. The van der Waals surface area contributed by atoms with Crippen LogP contribution in [0.3, 0.4) is 0 Å². The summed E-state index contributed by atoms with van der Waals surface area (Å²) in [6.07, 6.45) is 4.74. The van der Waals surface area contributed by atoms with E-state index in [0.29, 0.717) is 25.5 Å². The van der Waals surface area contributed by atoms with E-state index in [4.69, 9.17) is 13.9 Å². The normalized spacial score (nSPS) is 13.1. The number of urea groups is 1. The molecule has 2 N–H and O–H groups in total. The van der Waals surface area contributed by atoms with Crippen LogP contribution in [0, 0.1) is 5.92 Å². The van der Waals surface area contributed by atoms with E-state index in [1.807, 2.05) is 48.5 Å². The first-order valence-electron chi connectivity index (χ1n) is 10.5. The van der Waals surface area contributed by atoms with Crippen LogP contribution in [-0.4, -0.2) is 31.3 Å². The molecule has 0 atom stereocenters. The van der Waals surface area contributed by atoms with Gasteiger partial charge in [0.2, 0.25) is 5.89 Å². The number of ether oxygens (including phenoxy) is 2. The summed E-state index contributed by atoms with van der Waals surface area (Å²) >= 11 is 0. The molecule has 3 aromatic rings. The Bertz CT molecular complexity index is 996. The van der Waals surface area contributed by atoms with Gasteiger partial charge in [0.05, 0.1) is 19.4 Å². The molecule has 162 valence electrons. The smallest absolute Gasteiger partial charge is 0.319 e. The lowest BCUT2D eigenvalue weighted by atomic mass is 10.2. The van der Waals surface area contributed by atoms with Gasteiger partial charge in [-0.25, -0.2) is 9.78 Å². The molecule has 2 amide bonds. The molecule has 0 aliphatic heterocycles. The van der Waals surface area contributed by atoms with Crippen molar-refractivity contribution in [1.29, 1.82) is 0 Å². The molecule has 2 aromatic carbocycles. The molecule has 7 nitrogen and oxygen atoms in total. The molecule has 0 saturated heterocycles. The van der Waals surface area contributed by atoms with Crippen molar-refractivity contribution in [2.24, 2.45) is 5.92 Å². The van der Waals surface area contributed by atoms with Crippen LogP contribution in [-0.2, 0) is 17.8 Å². The highest BCUT2D eigenvalue weighted by atomic mass is 16.5. The number of nitrogens with zero attached hydrogens (tertiary/aromatic N) is 1. The summed E-state index contributed by atoms with van der Waals surface area (Å²) in [6, 6.07) is 15.0. The molecular formula is C24H27N3O4. The Morgan fingerprint density at radius 3 is 2.81 bits per heavy atom. The molecule has 1 saturated carbocycles. The molecule has 1 fully saturated rings. The average molecular weight is 421 g/mol. The third kappa shape index (κ3) is 6.33. The second-order valence-corrected chi connectivity index (χ2v) is 7.66. The van der Waals surface area contributed by atoms with Gasteiger partial charge in [-0.1, -0.05) is 12.1 Å². The number of rotatable bonds is 10. The van der Waals surface area contributed by atoms with E-state index in [9.17, 15) is 4.79 Å². The van der Waals surface area contributed by atoms with Crippen LogP contribution >= 0.6 is 0 Å². The van der Waals surface area contributed by atoms with Gasteiger partial charge in [-0.2, -0.15) is 0 Å². The van der Waals surface area contributed by atoms with E-state index in [2.05, 4.69) is 15.6 Å². The lowest BCUT2D eigenvalue weighted by molar-refractivity contribution is 0.111. The maximum absolute atomic E-state index is 12.2. The highest BCUT2D eigenvalue weighted by Crippen LogP contribution is 2.29. The van der Waals surface area contributed by atoms with Crippen LogP contribution < -0.4 is 15.4 Å². The van der Waals surface area contributed by atoms with Crippen molar-refractivity contribution < 1.29 is 18.7 Å². The maximum Gasteiger partial charge on any atom is 0.319 e. The minimum Gasteiger partial charge on any atom is -0.497 e. The number of amides is 2. The van der Waals surface area contributed by atoms with E-state index in [0.717, 1.165) is 40.8 Å². The number of nitrogens with one attached hydrogen (secondary N) is 2. The summed E-state index contributed by atoms with van der Waals surface area (Å²) in [5.74, 6) is 2.06. The predicted molar refractivity (Wildman–Crippen MR) is 118 cm³/mol. The van der Waals surface area contributed by atoms with Gasteiger partial charge in [0, 0.05) is 30.8 Å². The second kappa shape index (κ2) is 10.1. The fraction of sp³-hybridized carbons (Fsp3) is 0.333. The Kier molecular flexibility index (Phi) is 6.84. The number of hydrogen-bond donors (Lipinski definition) is 2. The van der Waals surface area contributed by atoms with Crippen LogP contribution in [0.1, 0.15) is 24.1 Å². The largest absolute Gasteiger partial charge is 0.497 e. The van der Waals surface area contributed by atoms with Crippen molar-refractivity contribution in [3.8, 4) is 17.2 Å². The number of methoxy groups -OCH3 is 1. The first-order chi connectivity index (χ1) is 15.2. The first kappa shape index (κ1) is 20.9. The lowest BCUT2D eigenvalue weighted by Gasteiger charge is -2.09. The van der Waals surface area contributed by atoms with Gasteiger partial charge in [-0.15, -0.1) is 0 Å². The zero-order chi connectivity index (χ0) is 21.5. The molecule has 0 spiro atoms. The molecule has 0 radical (unpaired) electrons. The van der Waals surface area contributed by atoms with Gasteiger partial charge < -0.3 is 24.5 Å². The van der Waals surface area contributed by atoms with Gasteiger partial charge in [0.25, 0.3) is 0 Å². The Balaban J connectivity index is 1.21.